The minimum atomic E-state index is -0.572. The van der Waals surface area contributed by atoms with E-state index in [4.69, 9.17) is 5.21 Å². The summed E-state index contributed by atoms with van der Waals surface area (Å²) in [7, 11) is 0. The molecule has 3 aromatic rings. The van der Waals surface area contributed by atoms with Crippen LogP contribution in [0.15, 0.2) is 66.9 Å². The van der Waals surface area contributed by atoms with Crippen molar-refractivity contribution in [2.75, 3.05) is 18.0 Å². The fourth-order valence-electron chi connectivity index (χ4n) is 4.11. The molecule has 4 rings (SSSR count). The zero-order valence-electron chi connectivity index (χ0n) is 18.4. The molecule has 3 N–H and O–H groups in total. The van der Waals surface area contributed by atoms with Gasteiger partial charge in [-0.25, -0.2) is 10.2 Å². The van der Waals surface area contributed by atoms with E-state index >= 15 is 0 Å². The summed E-state index contributed by atoms with van der Waals surface area (Å²) in [6.45, 7) is 3.47. The first-order valence-corrected chi connectivity index (χ1v) is 10.9. The van der Waals surface area contributed by atoms with Gasteiger partial charge in [-0.3, -0.25) is 14.8 Å². The second-order valence-electron chi connectivity index (χ2n) is 7.99. The number of aromatic nitrogens is 2. The number of rotatable bonds is 6. The third-order valence-electron chi connectivity index (χ3n) is 5.89. The Morgan fingerprint density at radius 3 is 2.48 bits per heavy atom. The van der Waals surface area contributed by atoms with Gasteiger partial charge in [-0.05, 0) is 49.6 Å². The van der Waals surface area contributed by atoms with Gasteiger partial charge in [-0.2, -0.15) is 5.10 Å². The van der Waals surface area contributed by atoms with Gasteiger partial charge in [0.15, 0.2) is 0 Å². The first kappa shape index (κ1) is 22.3. The van der Waals surface area contributed by atoms with Crippen LogP contribution in [0.4, 0.5) is 5.69 Å². The maximum Gasteiger partial charge on any atom is 0.267 e. The van der Waals surface area contributed by atoms with E-state index in [9.17, 15) is 9.59 Å². The van der Waals surface area contributed by atoms with Gasteiger partial charge < -0.3 is 10.2 Å². The van der Waals surface area contributed by atoms with Crippen LogP contribution in [0.3, 0.4) is 0 Å². The van der Waals surface area contributed by atoms with Crippen molar-refractivity contribution in [1.82, 2.24) is 20.6 Å². The molecule has 0 aliphatic carbocycles. The van der Waals surface area contributed by atoms with Gasteiger partial charge in [0, 0.05) is 30.9 Å². The number of hydroxylamine groups is 1. The molecule has 0 atom stereocenters. The minimum absolute atomic E-state index is 0.0797. The molecule has 0 radical (unpaired) electrons. The largest absolute Gasteiger partial charge is 0.371 e. The summed E-state index contributed by atoms with van der Waals surface area (Å²) in [4.78, 5) is 26.5. The van der Waals surface area contributed by atoms with Gasteiger partial charge in [0.2, 0.25) is 0 Å². The Hall–Kier alpha value is -3.91. The minimum Gasteiger partial charge on any atom is -0.371 e. The zero-order chi connectivity index (χ0) is 23.2. The number of piperidine rings is 1. The molecule has 2 amide bonds. The summed E-state index contributed by atoms with van der Waals surface area (Å²) in [5.41, 5.74) is 5.83. The first-order valence-electron chi connectivity index (χ1n) is 10.9. The highest BCUT2D eigenvalue weighted by molar-refractivity contribution is 5.95. The molecule has 2 heterocycles. The number of hydrogen-bond acceptors (Lipinski definition) is 5. The van der Waals surface area contributed by atoms with E-state index in [1.54, 1.807) is 22.4 Å². The highest BCUT2D eigenvalue weighted by Gasteiger charge is 2.24. The average Bonchev–Trinajstić information content (AvgIpc) is 3.25. The van der Waals surface area contributed by atoms with Crippen LogP contribution >= 0.6 is 0 Å². The molecule has 0 spiro atoms. The van der Waals surface area contributed by atoms with Gasteiger partial charge in [0.1, 0.15) is 0 Å². The summed E-state index contributed by atoms with van der Waals surface area (Å²) in [6, 6.07) is 17.6. The summed E-state index contributed by atoms with van der Waals surface area (Å²) in [5.74, 6) is -0.677. The van der Waals surface area contributed by atoms with Gasteiger partial charge in [0.25, 0.3) is 11.8 Å². The lowest BCUT2D eigenvalue weighted by atomic mass is 10.0. The molecule has 1 fully saturated rings. The van der Waals surface area contributed by atoms with Gasteiger partial charge >= 0.3 is 0 Å². The van der Waals surface area contributed by atoms with Gasteiger partial charge in [-0.1, -0.05) is 36.4 Å². The molecular weight excluding hydrogens is 418 g/mol. The molecule has 170 valence electrons. The molecule has 8 heteroatoms. The van der Waals surface area contributed by atoms with Crippen LogP contribution in [-0.2, 0) is 4.79 Å². The number of carbonyl (C=O) groups excluding carboxylic acids is 2. The lowest BCUT2D eigenvalue weighted by Gasteiger charge is -2.34. The Bertz CT molecular complexity index is 1150. The van der Waals surface area contributed by atoms with E-state index in [1.165, 1.54) is 6.08 Å². The zero-order valence-corrected chi connectivity index (χ0v) is 18.4. The predicted octanol–water partition coefficient (Wildman–Crippen LogP) is 3.10. The van der Waals surface area contributed by atoms with Gasteiger partial charge in [-0.15, -0.1) is 0 Å². The number of benzene rings is 2. The van der Waals surface area contributed by atoms with Crippen LogP contribution in [0.5, 0.6) is 0 Å². The standard InChI is InChI=1S/C25H27N5O3/c1-18-22(17-26-30(18)21-8-3-2-4-9-21)25(32)27-20-13-15-29(16-14-20)23-10-6-5-7-19(23)11-12-24(31)28-33/h2-12,17,20,33H,13-16H2,1H3,(H,27,32)(H,28,31)/b12-11+. The van der Waals surface area contributed by atoms with Crippen LogP contribution in [-0.4, -0.2) is 45.9 Å². The summed E-state index contributed by atoms with van der Waals surface area (Å²) >= 11 is 0. The van der Waals surface area contributed by atoms with Crippen molar-refractivity contribution in [1.29, 1.82) is 0 Å². The third-order valence-corrected chi connectivity index (χ3v) is 5.89. The van der Waals surface area contributed by atoms with E-state index < -0.39 is 5.91 Å². The highest BCUT2D eigenvalue weighted by atomic mass is 16.5. The molecule has 1 saturated heterocycles. The number of amides is 2. The molecule has 1 aromatic heterocycles. The Morgan fingerprint density at radius 1 is 1.06 bits per heavy atom. The van der Waals surface area contributed by atoms with Crippen molar-refractivity contribution in [3.05, 3.63) is 83.7 Å². The van der Waals surface area contributed by atoms with Crippen molar-refractivity contribution in [2.45, 2.75) is 25.8 Å². The number of nitrogens with zero attached hydrogens (tertiary/aromatic N) is 3. The van der Waals surface area contributed by atoms with Crippen molar-refractivity contribution >= 4 is 23.6 Å². The lowest BCUT2D eigenvalue weighted by Crippen LogP contribution is -2.45. The molecule has 33 heavy (non-hydrogen) atoms. The Labute approximate surface area is 192 Å². The molecule has 8 nitrogen and oxygen atoms in total. The van der Waals surface area contributed by atoms with E-state index in [0.717, 1.165) is 48.6 Å². The average molecular weight is 446 g/mol. The fourth-order valence-corrected chi connectivity index (χ4v) is 4.11. The fraction of sp³-hybridized carbons (Fsp3) is 0.240. The number of nitrogens with one attached hydrogen (secondary N) is 2. The van der Waals surface area contributed by atoms with E-state index in [2.05, 4.69) is 15.3 Å². The summed E-state index contributed by atoms with van der Waals surface area (Å²) in [5, 5.41) is 16.2. The maximum atomic E-state index is 12.9. The Balaban J connectivity index is 1.38. The van der Waals surface area contributed by atoms with Crippen LogP contribution in [0.1, 0.15) is 34.5 Å². The van der Waals surface area contributed by atoms with Crippen LogP contribution in [0, 0.1) is 6.92 Å². The summed E-state index contributed by atoms with van der Waals surface area (Å²) < 4.78 is 1.78. The third kappa shape index (κ3) is 5.12. The molecule has 0 bridgehead atoms. The topological polar surface area (TPSA) is 99.5 Å². The van der Waals surface area contributed by atoms with Crippen molar-refractivity contribution < 1.29 is 14.8 Å². The Morgan fingerprint density at radius 2 is 1.76 bits per heavy atom. The van der Waals surface area contributed by atoms with Gasteiger partial charge in [0.05, 0.1) is 23.1 Å². The van der Waals surface area contributed by atoms with Crippen LogP contribution < -0.4 is 15.7 Å². The number of anilines is 1. The van der Waals surface area contributed by atoms with Crippen molar-refractivity contribution in [3.63, 3.8) is 0 Å². The van der Waals surface area contributed by atoms with Crippen molar-refractivity contribution in [3.8, 4) is 5.69 Å². The lowest BCUT2D eigenvalue weighted by molar-refractivity contribution is -0.124. The van der Waals surface area contributed by atoms with Crippen LogP contribution in [0.25, 0.3) is 11.8 Å². The molecule has 1 aliphatic rings. The molecule has 0 saturated carbocycles. The monoisotopic (exact) mass is 445 g/mol. The second kappa shape index (κ2) is 10.1. The smallest absolute Gasteiger partial charge is 0.267 e. The van der Waals surface area contributed by atoms with E-state index in [0.29, 0.717) is 5.56 Å². The SMILES string of the molecule is Cc1c(C(=O)NC2CCN(c3ccccc3/C=C/C(=O)NO)CC2)cnn1-c1ccccc1. The predicted molar refractivity (Wildman–Crippen MR) is 126 cm³/mol. The normalized spacial score (nSPS) is 14.4. The maximum absolute atomic E-state index is 12.9. The molecule has 2 aromatic carbocycles. The summed E-state index contributed by atoms with van der Waals surface area (Å²) in [6.07, 6.45) is 6.23. The van der Waals surface area contributed by atoms with Crippen LogP contribution in [0.2, 0.25) is 0 Å². The number of carbonyl (C=O) groups is 2. The van der Waals surface area contributed by atoms with E-state index in [-0.39, 0.29) is 11.9 Å². The van der Waals surface area contributed by atoms with E-state index in [1.807, 2.05) is 61.5 Å². The number of para-hydroxylation sites is 2. The quantitative estimate of drug-likeness (QED) is 0.308. The van der Waals surface area contributed by atoms with Crippen molar-refractivity contribution in [2.24, 2.45) is 0 Å². The molecule has 0 unspecified atom stereocenters. The molecular formula is C25H27N5O3. The second-order valence-corrected chi connectivity index (χ2v) is 7.99. The Kier molecular flexibility index (Phi) is 6.85. The molecule has 1 aliphatic heterocycles. The first-order chi connectivity index (χ1) is 16.1. The number of hydrogen-bond donors (Lipinski definition) is 3. The highest BCUT2D eigenvalue weighted by Crippen LogP contribution is 2.25.